The van der Waals surface area contributed by atoms with Crippen LogP contribution in [0.15, 0.2) is 24.3 Å². The van der Waals surface area contributed by atoms with Gasteiger partial charge in [0, 0.05) is 13.0 Å². The topological polar surface area (TPSA) is 33.6 Å². The predicted octanol–water partition coefficient (Wildman–Crippen LogP) is 3.69. The molecule has 4 heteroatoms. The Morgan fingerprint density at radius 1 is 1.21 bits per heavy atom. The summed E-state index contributed by atoms with van der Waals surface area (Å²) in [5, 5.41) is 7.25. The molecule has 1 N–H and O–H groups in total. The van der Waals surface area contributed by atoms with E-state index in [1.807, 2.05) is 0 Å². The molecule has 0 aliphatic heterocycles. The molecule has 102 valence electrons. The number of nitrogens with one attached hydrogen (secondary N) is 1. The number of aryl methyl sites for hydroxylation is 3. The van der Waals surface area contributed by atoms with Crippen molar-refractivity contribution in [2.24, 2.45) is 5.92 Å². The van der Waals surface area contributed by atoms with Crippen molar-refractivity contribution >= 4 is 12.2 Å². The van der Waals surface area contributed by atoms with Crippen LogP contribution in [0.2, 0.25) is 0 Å². The van der Waals surface area contributed by atoms with Gasteiger partial charge in [-0.25, -0.2) is 0 Å². The summed E-state index contributed by atoms with van der Waals surface area (Å²) in [4.78, 5) is 0. The molecular formula is C15H21N3S. The maximum Gasteiger partial charge on any atom is 0.195 e. The van der Waals surface area contributed by atoms with Gasteiger partial charge in [-0.2, -0.15) is 5.10 Å². The molecule has 0 aliphatic carbocycles. The fourth-order valence-corrected chi connectivity index (χ4v) is 2.33. The molecule has 2 rings (SSSR count). The fourth-order valence-electron chi connectivity index (χ4n) is 2.11. The Morgan fingerprint density at radius 2 is 1.89 bits per heavy atom. The highest BCUT2D eigenvalue weighted by Crippen LogP contribution is 2.09. The summed E-state index contributed by atoms with van der Waals surface area (Å²) < 4.78 is 2.85. The lowest BCUT2D eigenvalue weighted by Gasteiger charge is -2.09. The second-order valence-electron chi connectivity index (χ2n) is 5.44. The molecule has 1 aromatic carbocycles. The van der Waals surface area contributed by atoms with Crippen molar-refractivity contribution in [1.29, 1.82) is 0 Å². The standard InChI is InChI=1S/C15H21N3S/c1-11(2)10-18-14(16-17-15(18)19)9-8-13-6-4-12(3)5-7-13/h4-7,11H,8-10H2,1-3H3,(H,17,19). The summed E-state index contributed by atoms with van der Waals surface area (Å²) in [5.74, 6) is 1.63. The van der Waals surface area contributed by atoms with Gasteiger partial charge >= 0.3 is 0 Å². The normalized spacial score (nSPS) is 11.2. The zero-order valence-electron chi connectivity index (χ0n) is 11.8. The zero-order chi connectivity index (χ0) is 13.8. The minimum Gasteiger partial charge on any atom is -0.304 e. The van der Waals surface area contributed by atoms with E-state index in [4.69, 9.17) is 12.2 Å². The van der Waals surface area contributed by atoms with Gasteiger partial charge in [-0.3, -0.25) is 5.10 Å². The average molecular weight is 275 g/mol. The molecule has 1 aromatic heterocycles. The van der Waals surface area contributed by atoms with Gasteiger partial charge in [-0.05, 0) is 37.0 Å². The number of aromatic nitrogens is 3. The van der Waals surface area contributed by atoms with Crippen molar-refractivity contribution in [2.75, 3.05) is 0 Å². The van der Waals surface area contributed by atoms with Gasteiger partial charge in [0.2, 0.25) is 0 Å². The van der Waals surface area contributed by atoms with Crippen molar-refractivity contribution in [2.45, 2.75) is 40.2 Å². The summed E-state index contributed by atoms with van der Waals surface area (Å²) >= 11 is 5.28. The monoisotopic (exact) mass is 275 g/mol. The van der Waals surface area contributed by atoms with Crippen LogP contribution in [0.25, 0.3) is 0 Å². The molecule has 0 atom stereocenters. The third-order valence-electron chi connectivity index (χ3n) is 3.14. The third-order valence-corrected chi connectivity index (χ3v) is 3.45. The SMILES string of the molecule is Cc1ccc(CCc2n[nH]c(=S)n2CC(C)C)cc1. The molecule has 0 spiro atoms. The fraction of sp³-hybridized carbons (Fsp3) is 0.467. The first-order valence-electron chi connectivity index (χ1n) is 6.76. The van der Waals surface area contributed by atoms with Crippen LogP contribution in [-0.2, 0) is 19.4 Å². The van der Waals surface area contributed by atoms with Crippen LogP contribution in [0.4, 0.5) is 0 Å². The highest BCUT2D eigenvalue weighted by atomic mass is 32.1. The maximum atomic E-state index is 5.28. The average Bonchev–Trinajstić information content (AvgIpc) is 2.70. The molecule has 0 bridgehead atoms. The lowest BCUT2D eigenvalue weighted by atomic mass is 10.1. The van der Waals surface area contributed by atoms with Crippen molar-refractivity contribution in [3.63, 3.8) is 0 Å². The predicted molar refractivity (Wildman–Crippen MR) is 80.8 cm³/mol. The van der Waals surface area contributed by atoms with Crippen molar-refractivity contribution in [1.82, 2.24) is 14.8 Å². The molecule has 0 fully saturated rings. The Bertz CT molecular complexity index is 578. The van der Waals surface area contributed by atoms with E-state index in [2.05, 4.69) is 59.8 Å². The summed E-state index contributed by atoms with van der Waals surface area (Å²) in [6.07, 6.45) is 1.92. The highest BCUT2D eigenvalue weighted by molar-refractivity contribution is 7.71. The van der Waals surface area contributed by atoms with Crippen molar-refractivity contribution in [3.8, 4) is 0 Å². The van der Waals surface area contributed by atoms with Gasteiger partial charge in [0.1, 0.15) is 5.82 Å². The summed E-state index contributed by atoms with van der Waals surface area (Å²) in [6, 6.07) is 8.67. The van der Waals surface area contributed by atoms with E-state index in [9.17, 15) is 0 Å². The number of aromatic amines is 1. The van der Waals surface area contributed by atoms with E-state index in [1.165, 1.54) is 11.1 Å². The van der Waals surface area contributed by atoms with E-state index in [0.717, 1.165) is 30.0 Å². The van der Waals surface area contributed by atoms with Crippen molar-refractivity contribution < 1.29 is 0 Å². The number of H-pyrrole nitrogens is 1. The van der Waals surface area contributed by atoms with Gasteiger partial charge in [0.05, 0.1) is 0 Å². The van der Waals surface area contributed by atoms with Gasteiger partial charge in [-0.15, -0.1) is 0 Å². The third kappa shape index (κ3) is 3.77. The number of nitrogens with zero attached hydrogens (tertiary/aromatic N) is 2. The minimum absolute atomic E-state index is 0.572. The first-order valence-corrected chi connectivity index (χ1v) is 7.16. The van der Waals surface area contributed by atoms with Crippen LogP contribution in [0.5, 0.6) is 0 Å². The van der Waals surface area contributed by atoms with Crippen LogP contribution in [0, 0.1) is 17.6 Å². The number of hydrogen-bond acceptors (Lipinski definition) is 2. The van der Waals surface area contributed by atoms with Crippen molar-refractivity contribution in [3.05, 3.63) is 46.0 Å². The number of benzene rings is 1. The molecule has 0 saturated heterocycles. The first kappa shape index (κ1) is 14.0. The Hall–Kier alpha value is -1.42. The molecule has 0 unspecified atom stereocenters. The molecule has 0 aliphatic rings. The summed E-state index contributed by atoms with van der Waals surface area (Å²) in [6.45, 7) is 7.42. The maximum absolute atomic E-state index is 5.28. The van der Waals surface area contributed by atoms with Crippen LogP contribution in [0.3, 0.4) is 0 Å². The van der Waals surface area contributed by atoms with Crippen LogP contribution in [-0.4, -0.2) is 14.8 Å². The zero-order valence-corrected chi connectivity index (χ0v) is 12.6. The van der Waals surface area contributed by atoms with Gasteiger partial charge in [-0.1, -0.05) is 43.7 Å². The van der Waals surface area contributed by atoms with Gasteiger partial charge in [0.25, 0.3) is 0 Å². The van der Waals surface area contributed by atoms with Gasteiger partial charge < -0.3 is 4.57 Å². The lowest BCUT2D eigenvalue weighted by molar-refractivity contribution is 0.502. The number of hydrogen-bond donors (Lipinski definition) is 1. The molecule has 3 nitrogen and oxygen atoms in total. The van der Waals surface area contributed by atoms with E-state index < -0.39 is 0 Å². The lowest BCUT2D eigenvalue weighted by Crippen LogP contribution is -2.09. The quantitative estimate of drug-likeness (QED) is 0.844. The Morgan fingerprint density at radius 3 is 2.53 bits per heavy atom. The molecule has 0 amide bonds. The van der Waals surface area contributed by atoms with Crippen LogP contribution >= 0.6 is 12.2 Å². The van der Waals surface area contributed by atoms with E-state index in [0.29, 0.717) is 5.92 Å². The molecule has 19 heavy (non-hydrogen) atoms. The minimum atomic E-state index is 0.572. The Kier molecular flexibility index (Phi) is 4.53. The van der Waals surface area contributed by atoms with Crippen LogP contribution in [0.1, 0.15) is 30.8 Å². The van der Waals surface area contributed by atoms with Gasteiger partial charge in [0.15, 0.2) is 4.77 Å². The smallest absolute Gasteiger partial charge is 0.195 e. The second kappa shape index (κ2) is 6.15. The van der Waals surface area contributed by atoms with Crippen LogP contribution < -0.4 is 0 Å². The Balaban J connectivity index is 2.07. The van der Waals surface area contributed by atoms with E-state index >= 15 is 0 Å². The summed E-state index contributed by atoms with van der Waals surface area (Å²) in [7, 11) is 0. The molecule has 0 saturated carbocycles. The molecular weight excluding hydrogens is 254 g/mol. The molecule has 1 heterocycles. The van der Waals surface area contributed by atoms with E-state index in [-0.39, 0.29) is 0 Å². The molecule has 2 aromatic rings. The summed E-state index contributed by atoms with van der Waals surface area (Å²) in [5.41, 5.74) is 2.64. The number of rotatable bonds is 5. The molecule has 0 radical (unpaired) electrons. The second-order valence-corrected chi connectivity index (χ2v) is 5.82. The first-order chi connectivity index (χ1) is 9.06. The highest BCUT2D eigenvalue weighted by Gasteiger charge is 2.07. The largest absolute Gasteiger partial charge is 0.304 e. The van der Waals surface area contributed by atoms with E-state index in [1.54, 1.807) is 0 Å². The Labute approximate surface area is 119 Å².